The van der Waals surface area contributed by atoms with E-state index in [9.17, 15) is 0 Å². The molecular formula is C8H5IN2O. The second-order valence-electron chi connectivity index (χ2n) is 2.19. The molecule has 60 valence electrons. The van der Waals surface area contributed by atoms with Crippen molar-refractivity contribution in [1.82, 2.24) is 9.97 Å². The maximum atomic E-state index is 5.18. The van der Waals surface area contributed by atoms with E-state index in [0.29, 0.717) is 0 Å². The van der Waals surface area contributed by atoms with Gasteiger partial charge in [0, 0.05) is 28.8 Å². The number of furan rings is 1. The summed E-state index contributed by atoms with van der Waals surface area (Å²) in [5.74, 6) is 0.773. The Morgan fingerprint density at radius 3 is 2.92 bits per heavy atom. The van der Waals surface area contributed by atoms with Crippen molar-refractivity contribution in [1.29, 1.82) is 0 Å². The lowest BCUT2D eigenvalue weighted by molar-refractivity contribution is 0.579. The number of rotatable bonds is 1. The van der Waals surface area contributed by atoms with E-state index in [4.69, 9.17) is 4.42 Å². The van der Waals surface area contributed by atoms with Gasteiger partial charge < -0.3 is 4.42 Å². The number of aromatic nitrogens is 2. The van der Waals surface area contributed by atoms with Gasteiger partial charge in [-0.15, -0.1) is 0 Å². The monoisotopic (exact) mass is 272 g/mol. The van der Waals surface area contributed by atoms with Crippen LogP contribution < -0.4 is 0 Å². The summed E-state index contributed by atoms with van der Waals surface area (Å²) in [6.45, 7) is 0. The van der Waals surface area contributed by atoms with Crippen LogP contribution in [-0.4, -0.2) is 9.97 Å². The van der Waals surface area contributed by atoms with Crippen molar-refractivity contribution in [2.24, 2.45) is 0 Å². The maximum Gasteiger partial charge on any atom is 0.191 e. The van der Waals surface area contributed by atoms with Crippen LogP contribution in [-0.2, 0) is 0 Å². The van der Waals surface area contributed by atoms with Crippen molar-refractivity contribution in [3.8, 4) is 11.5 Å². The normalized spacial score (nSPS) is 10.1. The summed E-state index contributed by atoms with van der Waals surface area (Å²) >= 11 is 2.07. The third-order valence-electron chi connectivity index (χ3n) is 1.40. The van der Waals surface area contributed by atoms with Gasteiger partial charge in [-0.1, -0.05) is 0 Å². The molecule has 2 rings (SSSR count). The molecule has 0 fully saturated rings. The smallest absolute Gasteiger partial charge is 0.191 e. The standard InChI is InChI=1S/C8H5IN2O/c9-8-10-4-3-6(11-8)7-2-1-5-12-7/h1-5H. The highest BCUT2D eigenvalue weighted by Crippen LogP contribution is 2.16. The van der Waals surface area contributed by atoms with Gasteiger partial charge in [-0.05, 0) is 18.2 Å². The Morgan fingerprint density at radius 1 is 1.33 bits per heavy atom. The van der Waals surface area contributed by atoms with Gasteiger partial charge >= 0.3 is 0 Å². The van der Waals surface area contributed by atoms with E-state index in [1.165, 1.54) is 0 Å². The molecule has 12 heavy (non-hydrogen) atoms. The highest BCUT2D eigenvalue weighted by atomic mass is 127. The molecular weight excluding hydrogens is 267 g/mol. The van der Waals surface area contributed by atoms with E-state index in [2.05, 4.69) is 32.6 Å². The first-order valence-electron chi connectivity index (χ1n) is 3.39. The fourth-order valence-corrected chi connectivity index (χ4v) is 1.32. The van der Waals surface area contributed by atoms with Gasteiger partial charge in [-0.3, -0.25) is 0 Å². The minimum atomic E-state index is 0.724. The van der Waals surface area contributed by atoms with E-state index in [1.54, 1.807) is 12.5 Å². The van der Waals surface area contributed by atoms with E-state index in [0.717, 1.165) is 15.3 Å². The topological polar surface area (TPSA) is 38.9 Å². The Kier molecular flexibility index (Phi) is 2.07. The predicted molar refractivity (Wildman–Crippen MR) is 52.5 cm³/mol. The molecule has 0 amide bonds. The van der Waals surface area contributed by atoms with Gasteiger partial charge in [0.2, 0.25) is 0 Å². The number of nitrogens with zero attached hydrogens (tertiary/aromatic N) is 2. The molecule has 0 atom stereocenters. The molecule has 0 spiro atoms. The summed E-state index contributed by atoms with van der Waals surface area (Å²) in [5.41, 5.74) is 0.819. The molecule has 2 aromatic heterocycles. The maximum absolute atomic E-state index is 5.18. The van der Waals surface area contributed by atoms with Crippen molar-refractivity contribution >= 4 is 22.6 Å². The van der Waals surface area contributed by atoms with Crippen molar-refractivity contribution in [2.45, 2.75) is 0 Å². The average molecular weight is 272 g/mol. The van der Waals surface area contributed by atoms with E-state index in [-0.39, 0.29) is 0 Å². The van der Waals surface area contributed by atoms with Crippen molar-refractivity contribution < 1.29 is 4.42 Å². The van der Waals surface area contributed by atoms with Crippen molar-refractivity contribution in [2.75, 3.05) is 0 Å². The minimum Gasteiger partial charge on any atom is -0.463 e. The summed E-state index contributed by atoms with van der Waals surface area (Å²) in [7, 11) is 0. The van der Waals surface area contributed by atoms with Crippen LogP contribution in [0.25, 0.3) is 11.5 Å². The number of hydrogen-bond acceptors (Lipinski definition) is 3. The zero-order valence-electron chi connectivity index (χ0n) is 6.07. The van der Waals surface area contributed by atoms with Crippen LogP contribution >= 0.6 is 22.6 Å². The lowest BCUT2D eigenvalue weighted by atomic mass is 10.3. The third-order valence-corrected chi connectivity index (χ3v) is 1.92. The Labute approximate surface area is 83.0 Å². The summed E-state index contributed by atoms with van der Waals surface area (Å²) < 4.78 is 5.90. The Balaban J connectivity index is 2.48. The molecule has 0 unspecified atom stereocenters. The summed E-state index contributed by atoms with van der Waals surface area (Å²) in [4.78, 5) is 8.18. The first-order valence-corrected chi connectivity index (χ1v) is 4.46. The summed E-state index contributed by atoms with van der Waals surface area (Å²) in [5, 5.41) is 0. The largest absolute Gasteiger partial charge is 0.463 e. The second kappa shape index (κ2) is 3.22. The SMILES string of the molecule is Ic1nccc(-c2ccco2)n1. The third kappa shape index (κ3) is 1.47. The quantitative estimate of drug-likeness (QED) is 0.590. The van der Waals surface area contributed by atoms with Crippen LogP contribution in [0.3, 0.4) is 0 Å². The van der Waals surface area contributed by atoms with E-state index >= 15 is 0 Å². The molecule has 0 N–H and O–H groups in total. The van der Waals surface area contributed by atoms with E-state index < -0.39 is 0 Å². The lowest BCUT2D eigenvalue weighted by Gasteiger charge is -1.94. The second-order valence-corrected chi connectivity index (χ2v) is 3.15. The molecule has 0 saturated carbocycles. The number of halogens is 1. The zero-order chi connectivity index (χ0) is 8.39. The molecule has 0 saturated heterocycles. The van der Waals surface area contributed by atoms with Gasteiger partial charge in [-0.2, -0.15) is 0 Å². The van der Waals surface area contributed by atoms with Crippen LogP contribution in [0.5, 0.6) is 0 Å². The molecule has 0 radical (unpaired) electrons. The summed E-state index contributed by atoms with van der Waals surface area (Å²) in [6, 6.07) is 5.53. The van der Waals surface area contributed by atoms with Crippen molar-refractivity contribution in [3.63, 3.8) is 0 Å². The minimum absolute atomic E-state index is 0.724. The van der Waals surface area contributed by atoms with Gasteiger partial charge in [-0.25, -0.2) is 9.97 Å². The molecule has 2 aromatic rings. The molecule has 3 nitrogen and oxygen atoms in total. The molecule has 0 bridgehead atoms. The highest BCUT2D eigenvalue weighted by Gasteiger charge is 2.01. The Bertz CT molecular complexity index is 372. The number of hydrogen-bond donors (Lipinski definition) is 0. The Hall–Kier alpha value is -0.910. The van der Waals surface area contributed by atoms with Crippen LogP contribution in [0, 0.1) is 3.83 Å². The van der Waals surface area contributed by atoms with Crippen LogP contribution in [0.2, 0.25) is 0 Å². The fourth-order valence-electron chi connectivity index (χ4n) is 0.896. The van der Waals surface area contributed by atoms with Crippen LogP contribution in [0.15, 0.2) is 35.1 Å². The predicted octanol–water partition coefficient (Wildman–Crippen LogP) is 2.34. The van der Waals surface area contributed by atoms with Gasteiger partial charge in [0.05, 0.1) is 6.26 Å². The first-order chi connectivity index (χ1) is 5.86. The first kappa shape index (κ1) is 7.72. The van der Waals surface area contributed by atoms with Gasteiger partial charge in [0.25, 0.3) is 0 Å². The van der Waals surface area contributed by atoms with Crippen molar-refractivity contribution in [3.05, 3.63) is 34.5 Å². The zero-order valence-corrected chi connectivity index (χ0v) is 8.22. The van der Waals surface area contributed by atoms with Crippen LogP contribution in [0.4, 0.5) is 0 Å². The average Bonchev–Trinajstić information content (AvgIpc) is 2.56. The summed E-state index contributed by atoms with van der Waals surface area (Å²) in [6.07, 6.45) is 3.34. The molecule has 0 aliphatic carbocycles. The van der Waals surface area contributed by atoms with E-state index in [1.807, 2.05) is 18.2 Å². The van der Waals surface area contributed by atoms with Crippen LogP contribution in [0.1, 0.15) is 0 Å². The molecule has 2 heterocycles. The molecule has 4 heteroatoms. The highest BCUT2D eigenvalue weighted by molar-refractivity contribution is 14.1. The molecule has 0 aromatic carbocycles. The van der Waals surface area contributed by atoms with Gasteiger partial charge in [0.15, 0.2) is 9.59 Å². The molecule has 0 aliphatic rings. The molecule has 0 aliphatic heterocycles. The lowest BCUT2D eigenvalue weighted by Crippen LogP contribution is -1.87. The fraction of sp³-hybridized carbons (Fsp3) is 0. The Morgan fingerprint density at radius 2 is 2.25 bits per heavy atom. The van der Waals surface area contributed by atoms with Gasteiger partial charge in [0.1, 0.15) is 5.69 Å².